The summed E-state index contributed by atoms with van der Waals surface area (Å²) >= 11 is 0. The minimum absolute atomic E-state index is 0.110. The standard InChI is InChI=1S/C59H71FN12O2/c1-5-38-26-39(12-17-45(38)51-37(4)53-47(28-62-51)55(70-31-42-15-16-43(32-70)64-42)67-56(66-53)73-33-58-19-7-23-71(58)24-8-20-58)49-18-22-59(21-9-25-72(49)59)34-74-57-65-52-36(3)50(44-10-6-11-48(60)35(44)2)61-27-46(52)54(68-57)69-29-40-13-14-41(30-69)63-40/h6,10-12,17,26-28,40-43,49,63-64H,5,7-9,13-16,18-25,29-34H2,1-4H3. The Hall–Kier alpha value is -5.61. The molecule has 8 aliphatic rings. The quantitative estimate of drug-likeness (QED) is 0.121. The Morgan fingerprint density at radius 1 is 0.622 bits per heavy atom. The maximum absolute atomic E-state index is 14.9. The number of nitrogens with zero attached hydrogens (tertiary/aromatic N) is 10. The highest BCUT2D eigenvalue weighted by Gasteiger charge is 2.51. The fraction of sp³-hybridized carbons (Fsp3) is 0.559. The summed E-state index contributed by atoms with van der Waals surface area (Å²) in [4.78, 5) is 41.4. The van der Waals surface area contributed by atoms with Gasteiger partial charge >= 0.3 is 12.0 Å². The summed E-state index contributed by atoms with van der Waals surface area (Å²) in [6.07, 6.45) is 18.7. The van der Waals surface area contributed by atoms with Crippen LogP contribution in [0.25, 0.3) is 44.3 Å². The van der Waals surface area contributed by atoms with Crippen LogP contribution in [0.15, 0.2) is 48.8 Å². The van der Waals surface area contributed by atoms with Crippen LogP contribution in [0.3, 0.4) is 0 Å². The Kier molecular flexibility index (Phi) is 11.6. The number of ether oxygens (including phenoxy) is 2. The molecule has 8 saturated heterocycles. The van der Waals surface area contributed by atoms with E-state index >= 15 is 0 Å². The van der Waals surface area contributed by atoms with Crippen molar-refractivity contribution in [3.05, 3.63) is 82.4 Å². The van der Waals surface area contributed by atoms with Gasteiger partial charge in [-0.3, -0.25) is 19.8 Å². The molecule has 2 N–H and O–H groups in total. The zero-order valence-electron chi connectivity index (χ0n) is 43.7. The molecule has 15 heteroatoms. The van der Waals surface area contributed by atoms with E-state index in [0.29, 0.717) is 55.0 Å². The summed E-state index contributed by atoms with van der Waals surface area (Å²) in [6.45, 7) is 16.5. The van der Waals surface area contributed by atoms with Crippen molar-refractivity contribution in [1.82, 2.24) is 50.3 Å². The number of nitrogens with one attached hydrogen (secondary N) is 2. The number of hydrogen-bond donors (Lipinski definition) is 2. The van der Waals surface area contributed by atoms with E-state index in [0.717, 1.165) is 126 Å². The van der Waals surface area contributed by atoms with Gasteiger partial charge < -0.3 is 29.9 Å². The SMILES string of the molecule is CCc1cc(C2CCC3(COc4nc(N5CC6CCC(C5)N6)c5cnc(-c6cccc(F)c6C)c(C)c5n4)CCCN23)ccc1-c1ncc2c(N3CC4CCC(C3)N4)nc(OCC34CCCN3CCC4)nc2c1C. The van der Waals surface area contributed by atoms with E-state index in [1.807, 2.05) is 25.4 Å². The predicted molar refractivity (Wildman–Crippen MR) is 288 cm³/mol. The second-order valence-electron chi connectivity index (χ2n) is 23.5. The number of piperazine rings is 2. The van der Waals surface area contributed by atoms with Gasteiger partial charge in [0.2, 0.25) is 0 Å². The van der Waals surface area contributed by atoms with Crippen LogP contribution >= 0.6 is 0 Å². The largest absolute Gasteiger partial charge is 0.461 e. The number of hydrogen-bond acceptors (Lipinski definition) is 14. The van der Waals surface area contributed by atoms with E-state index in [2.05, 4.69) is 69.2 Å². The van der Waals surface area contributed by atoms with Crippen LogP contribution in [0.2, 0.25) is 0 Å². The molecule has 8 fully saturated rings. The molecule has 386 valence electrons. The van der Waals surface area contributed by atoms with Gasteiger partial charge in [0.25, 0.3) is 0 Å². The molecule has 6 aromatic rings. The lowest BCUT2D eigenvalue weighted by atomic mass is 9.92. The van der Waals surface area contributed by atoms with Crippen LogP contribution in [-0.2, 0) is 6.42 Å². The highest BCUT2D eigenvalue weighted by Crippen LogP contribution is 2.50. The van der Waals surface area contributed by atoms with Gasteiger partial charge in [0.05, 0.1) is 44.3 Å². The van der Waals surface area contributed by atoms with Crippen molar-refractivity contribution in [2.45, 2.75) is 152 Å². The van der Waals surface area contributed by atoms with Crippen molar-refractivity contribution in [2.75, 3.05) is 68.8 Å². The first-order valence-corrected chi connectivity index (χ1v) is 28.2. The molecular formula is C59H71FN12O2. The number of fused-ring (bicyclic) bond motifs is 8. The van der Waals surface area contributed by atoms with E-state index in [4.69, 9.17) is 39.4 Å². The fourth-order valence-corrected chi connectivity index (χ4v) is 15.4. The van der Waals surface area contributed by atoms with Crippen LogP contribution in [0.5, 0.6) is 12.0 Å². The molecule has 2 aromatic carbocycles. The van der Waals surface area contributed by atoms with Crippen molar-refractivity contribution >= 4 is 33.4 Å². The molecule has 0 aliphatic carbocycles. The molecular weight excluding hydrogens is 928 g/mol. The van der Waals surface area contributed by atoms with Crippen LogP contribution in [0.4, 0.5) is 16.0 Å². The molecule has 4 aromatic heterocycles. The molecule has 12 heterocycles. The second-order valence-corrected chi connectivity index (χ2v) is 23.5. The average Bonchev–Trinajstić information content (AvgIpc) is 4.29. The zero-order chi connectivity index (χ0) is 49.9. The van der Waals surface area contributed by atoms with E-state index in [1.54, 1.807) is 6.07 Å². The topological polar surface area (TPSA) is 133 Å². The minimum atomic E-state index is -0.239. The lowest BCUT2D eigenvalue weighted by Gasteiger charge is -2.36. The van der Waals surface area contributed by atoms with E-state index in [-0.39, 0.29) is 22.9 Å². The third kappa shape index (κ3) is 7.83. The smallest absolute Gasteiger partial charge is 0.319 e. The van der Waals surface area contributed by atoms with Gasteiger partial charge in [-0.05, 0) is 147 Å². The number of aryl methyl sites for hydroxylation is 3. The first-order valence-electron chi connectivity index (χ1n) is 28.2. The third-order valence-corrected chi connectivity index (χ3v) is 19.2. The highest BCUT2D eigenvalue weighted by atomic mass is 19.1. The predicted octanol–water partition coefficient (Wildman–Crippen LogP) is 8.96. The van der Waals surface area contributed by atoms with Crippen LogP contribution in [-0.4, -0.2) is 134 Å². The molecule has 6 unspecified atom stereocenters. The first-order chi connectivity index (χ1) is 36.1. The van der Waals surface area contributed by atoms with Gasteiger partial charge in [0, 0.05) is 91.0 Å². The number of aromatic nitrogens is 6. The molecule has 8 aliphatic heterocycles. The molecule has 0 saturated carbocycles. The van der Waals surface area contributed by atoms with Gasteiger partial charge in [-0.25, -0.2) is 4.39 Å². The van der Waals surface area contributed by atoms with Gasteiger partial charge in [0.15, 0.2) is 0 Å². The number of benzene rings is 2. The fourth-order valence-electron chi connectivity index (χ4n) is 15.4. The normalized spacial score (nSPS) is 27.2. The molecule has 14 nitrogen and oxygen atoms in total. The lowest BCUT2D eigenvalue weighted by Crippen LogP contribution is -2.51. The van der Waals surface area contributed by atoms with Crippen LogP contribution in [0.1, 0.15) is 118 Å². The Morgan fingerprint density at radius 3 is 1.77 bits per heavy atom. The zero-order valence-corrected chi connectivity index (χ0v) is 43.7. The van der Waals surface area contributed by atoms with Crippen molar-refractivity contribution in [3.8, 4) is 34.5 Å². The summed E-state index contributed by atoms with van der Waals surface area (Å²) in [7, 11) is 0. The monoisotopic (exact) mass is 999 g/mol. The molecule has 0 radical (unpaired) electrons. The van der Waals surface area contributed by atoms with Crippen molar-refractivity contribution in [1.29, 1.82) is 0 Å². The van der Waals surface area contributed by atoms with Gasteiger partial charge in [-0.2, -0.15) is 19.9 Å². The van der Waals surface area contributed by atoms with E-state index in [1.165, 1.54) is 87.2 Å². The van der Waals surface area contributed by atoms with Crippen molar-refractivity contribution < 1.29 is 13.9 Å². The summed E-state index contributed by atoms with van der Waals surface area (Å²) < 4.78 is 28.5. The van der Waals surface area contributed by atoms with Gasteiger partial charge in [-0.15, -0.1) is 0 Å². The van der Waals surface area contributed by atoms with Crippen LogP contribution < -0.4 is 29.9 Å². The Balaban J connectivity index is 0.756. The summed E-state index contributed by atoms with van der Waals surface area (Å²) in [6, 6.07) is 15.3. The first kappa shape index (κ1) is 46.9. The number of halogens is 1. The second kappa shape index (κ2) is 18.3. The maximum Gasteiger partial charge on any atom is 0.319 e. The molecule has 4 bridgehead atoms. The summed E-state index contributed by atoms with van der Waals surface area (Å²) in [5, 5.41) is 9.51. The molecule has 0 amide bonds. The molecule has 14 rings (SSSR count). The highest BCUT2D eigenvalue weighted by molar-refractivity contribution is 5.95. The maximum atomic E-state index is 14.9. The van der Waals surface area contributed by atoms with E-state index < -0.39 is 0 Å². The number of rotatable bonds is 12. The Bertz CT molecular complexity index is 3150. The molecule has 74 heavy (non-hydrogen) atoms. The average molecular weight is 999 g/mol. The van der Waals surface area contributed by atoms with E-state index in [9.17, 15) is 4.39 Å². The number of anilines is 2. The molecule has 0 spiro atoms. The third-order valence-electron chi connectivity index (χ3n) is 19.2. The Morgan fingerprint density at radius 2 is 1.18 bits per heavy atom. The Labute approximate surface area is 434 Å². The summed E-state index contributed by atoms with van der Waals surface area (Å²) in [5.41, 5.74) is 10.6. The number of pyridine rings is 2. The van der Waals surface area contributed by atoms with Crippen molar-refractivity contribution in [2.24, 2.45) is 0 Å². The molecule has 6 atom stereocenters. The van der Waals surface area contributed by atoms with Crippen LogP contribution in [0, 0.1) is 26.6 Å². The van der Waals surface area contributed by atoms with Gasteiger partial charge in [-0.1, -0.05) is 37.3 Å². The van der Waals surface area contributed by atoms with Crippen molar-refractivity contribution in [3.63, 3.8) is 0 Å². The lowest BCUT2D eigenvalue weighted by molar-refractivity contribution is 0.0845. The summed E-state index contributed by atoms with van der Waals surface area (Å²) in [5.74, 6) is 1.60. The van der Waals surface area contributed by atoms with Gasteiger partial charge in [0.1, 0.15) is 30.7 Å². The minimum Gasteiger partial charge on any atom is -0.461 e.